The van der Waals surface area contributed by atoms with Crippen molar-refractivity contribution in [3.05, 3.63) is 88.5 Å². The molecule has 3 aromatic rings. The zero-order valence-corrected chi connectivity index (χ0v) is 21.7. The van der Waals surface area contributed by atoms with E-state index in [4.69, 9.17) is 4.74 Å². The number of hydrogen-bond donors (Lipinski definition) is 3. The van der Waals surface area contributed by atoms with Crippen molar-refractivity contribution in [3.8, 4) is 16.9 Å². The maximum absolute atomic E-state index is 13.0. The lowest BCUT2D eigenvalue weighted by molar-refractivity contribution is -0.137. The van der Waals surface area contributed by atoms with Gasteiger partial charge in [-0.05, 0) is 90.9 Å². The maximum atomic E-state index is 13.0. The van der Waals surface area contributed by atoms with E-state index in [1.807, 2.05) is 38.1 Å². The highest BCUT2D eigenvalue weighted by Gasteiger charge is 2.31. The second kappa shape index (κ2) is 11.1. The van der Waals surface area contributed by atoms with Crippen LogP contribution in [0.1, 0.15) is 58.0 Å². The molecule has 2 aliphatic rings. The first-order chi connectivity index (χ1) is 18.7. The third-order valence-corrected chi connectivity index (χ3v) is 7.28. The third-order valence-electron chi connectivity index (χ3n) is 7.28. The lowest BCUT2D eigenvalue weighted by atomic mass is 9.78. The van der Waals surface area contributed by atoms with E-state index >= 15 is 0 Å². The molecule has 0 saturated heterocycles. The number of amides is 1. The highest BCUT2D eigenvalue weighted by Crippen LogP contribution is 2.42. The van der Waals surface area contributed by atoms with Crippen LogP contribution >= 0.6 is 0 Å². The first-order valence-corrected chi connectivity index (χ1v) is 12.9. The molecule has 1 aliphatic heterocycles. The maximum Gasteiger partial charge on any atom is 0.416 e. The van der Waals surface area contributed by atoms with Crippen LogP contribution < -0.4 is 21.0 Å². The summed E-state index contributed by atoms with van der Waals surface area (Å²) in [6, 6.07) is 16.6. The molecule has 1 aliphatic carbocycles. The minimum Gasteiger partial charge on any atom is -0.485 e. The first-order valence-electron chi connectivity index (χ1n) is 12.9. The van der Waals surface area contributed by atoms with Gasteiger partial charge in [-0.15, -0.1) is 5.11 Å². The van der Waals surface area contributed by atoms with E-state index in [0.29, 0.717) is 23.8 Å². The van der Waals surface area contributed by atoms with Crippen molar-refractivity contribution in [2.75, 3.05) is 6.54 Å². The Morgan fingerprint density at radius 2 is 1.72 bits per heavy atom. The number of alkyl halides is 3. The van der Waals surface area contributed by atoms with Crippen molar-refractivity contribution in [1.29, 1.82) is 0 Å². The summed E-state index contributed by atoms with van der Waals surface area (Å²) < 4.78 is 45.6. The summed E-state index contributed by atoms with van der Waals surface area (Å²) in [6.45, 7) is 4.19. The van der Waals surface area contributed by atoms with E-state index in [-0.39, 0.29) is 18.2 Å². The van der Waals surface area contributed by atoms with Crippen molar-refractivity contribution >= 4 is 5.91 Å². The van der Waals surface area contributed by atoms with Crippen LogP contribution in [0.3, 0.4) is 0 Å². The number of carbonyl (C=O) groups is 1. The number of carbonyl (C=O) groups excluding carboxylic acids is 1. The van der Waals surface area contributed by atoms with Gasteiger partial charge < -0.3 is 10.1 Å². The summed E-state index contributed by atoms with van der Waals surface area (Å²) in [5, 5.41) is 10.3. The summed E-state index contributed by atoms with van der Waals surface area (Å²) in [5.41, 5.74) is 9.70. The molecule has 39 heavy (non-hydrogen) atoms. The fourth-order valence-corrected chi connectivity index (χ4v) is 5.04. The fourth-order valence-electron chi connectivity index (χ4n) is 5.04. The van der Waals surface area contributed by atoms with E-state index in [2.05, 4.69) is 26.6 Å². The first kappa shape index (κ1) is 26.7. The molecule has 1 heterocycles. The molecule has 7 nitrogen and oxygen atoms in total. The van der Waals surface area contributed by atoms with E-state index in [9.17, 15) is 18.0 Å². The van der Waals surface area contributed by atoms with Gasteiger partial charge in [0, 0.05) is 11.5 Å². The highest BCUT2D eigenvalue weighted by atomic mass is 19.4. The highest BCUT2D eigenvalue weighted by molar-refractivity contribution is 5.94. The third kappa shape index (κ3) is 6.06. The van der Waals surface area contributed by atoms with Crippen LogP contribution in [0, 0.1) is 19.8 Å². The quantitative estimate of drug-likeness (QED) is 0.309. The number of benzene rings is 3. The predicted molar refractivity (Wildman–Crippen MR) is 141 cm³/mol. The smallest absolute Gasteiger partial charge is 0.416 e. The molecule has 10 heteroatoms. The number of rotatable bonds is 8. The molecular formula is C29H30F3N5O2. The lowest BCUT2D eigenvalue weighted by Gasteiger charge is -2.34. The van der Waals surface area contributed by atoms with Gasteiger partial charge in [0.2, 0.25) is 0 Å². The molecule has 5 rings (SSSR count). The Labute approximate surface area is 224 Å². The molecule has 3 aromatic carbocycles. The number of aryl methyl sites for hydroxylation is 2. The van der Waals surface area contributed by atoms with Gasteiger partial charge in [0.25, 0.3) is 5.91 Å². The van der Waals surface area contributed by atoms with Crippen LogP contribution in [0.5, 0.6) is 5.75 Å². The summed E-state index contributed by atoms with van der Waals surface area (Å²) in [4.78, 5) is 12.5. The van der Waals surface area contributed by atoms with E-state index in [1.54, 1.807) is 12.1 Å². The van der Waals surface area contributed by atoms with Gasteiger partial charge in [-0.3, -0.25) is 4.79 Å². The summed E-state index contributed by atoms with van der Waals surface area (Å²) in [6.07, 6.45) is -1.56. The standard InChI is InChI=1S/C29H30F3N5O2/c1-17-14-24(15-18(2)26(17)19-10-12-23(13-11-19)29(30,31)32)39-27(20-4-3-5-20)21-6-8-22(9-7-21)28(38)33-16-25-34-36-37-35-25/h6-15,20,25,27H,3-5,16H2,1-2H3,(H,33,38)(H,34,37)(H,35,36). The van der Waals surface area contributed by atoms with Gasteiger partial charge in [0.1, 0.15) is 11.9 Å². The number of nitrogens with one attached hydrogen (secondary N) is 3. The molecular weight excluding hydrogens is 507 g/mol. The molecule has 2 unspecified atom stereocenters. The summed E-state index contributed by atoms with van der Waals surface area (Å²) in [5.74, 6) is 0.883. The number of hydrazine groups is 1. The summed E-state index contributed by atoms with van der Waals surface area (Å²) in [7, 11) is 0. The van der Waals surface area contributed by atoms with Crippen LogP contribution in [0.2, 0.25) is 0 Å². The van der Waals surface area contributed by atoms with Crippen LogP contribution in [-0.2, 0) is 6.18 Å². The van der Waals surface area contributed by atoms with Crippen LogP contribution in [-0.4, -0.2) is 18.6 Å². The molecule has 0 bridgehead atoms. The second-order valence-electron chi connectivity index (χ2n) is 10.1. The Bertz CT molecular complexity index is 1330. The van der Waals surface area contributed by atoms with Crippen molar-refractivity contribution < 1.29 is 22.7 Å². The SMILES string of the molecule is Cc1cc(OC(c2ccc(C(=O)NCC3N=NNN3)cc2)C2CCC2)cc(C)c1-c1ccc(C(F)(F)F)cc1. The van der Waals surface area contributed by atoms with Crippen molar-refractivity contribution in [2.24, 2.45) is 16.3 Å². The fraction of sp³-hybridized carbons (Fsp3) is 0.345. The Balaban J connectivity index is 1.32. The van der Waals surface area contributed by atoms with Crippen LogP contribution in [0.4, 0.5) is 13.2 Å². The Morgan fingerprint density at radius 1 is 1.05 bits per heavy atom. The zero-order valence-electron chi connectivity index (χ0n) is 21.7. The average Bonchev–Trinajstić information content (AvgIpc) is 3.39. The minimum absolute atomic E-state index is 0.166. The van der Waals surface area contributed by atoms with E-state index in [0.717, 1.165) is 59.2 Å². The van der Waals surface area contributed by atoms with Crippen LogP contribution in [0.25, 0.3) is 11.1 Å². The number of hydrogen-bond acceptors (Lipinski definition) is 6. The molecule has 0 radical (unpaired) electrons. The van der Waals surface area contributed by atoms with E-state index in [1.165, 1.54) is 12.1 Å². The molecule has 1 saturated carbocycles. The van der Waals surface area contributed by atoms with Crippen molar-refractivity contribution in [1.82, 2.24) is 16.3 Å². The molecule has 1 fully saturated rings. The molecule has 0 aromatic heterocycles. The average molecular weight is 538 g/mol. The minimum atomic E-state index is -4.36. The number of halogens is 3. The monoisotopic (exact) mass is 537 g/mol. The topological polar surface area (TPSA) is 87.1 Å². The Morgan fingerprint density at radius 3 is 2.26 bits per heavy atom. The van der Waals surface area contributed by atoms with Gasteiger partial charge >= 0.3 is 6.18 Å². The number of nitrogens with zero attached hydrogens (tertiary/aromatic N) is 2. The van der Waals surface area contributed by atoms with Gasteiger partial charge in [-0.25, -0.2) is 5.53 Å². The van der Waals surface area contributed by atoms with Crippen molar-refractivity contribution in [3.63, 3.8) is 0 Å². The van der Waals surface area contributed by atoms with Gasteiger partial charge in [-0.1, -0.05) is 35.9 Å². The van der Waals surface area contributed by atoms with Gasteiger partial charge in [-0.2, -0.15) is 18.6 Å². The zero-order chi connectivity index (χ0) is 27.6. The normalized spacial score (nSPS) is 17.8. The number of ether oxygens (including phenoxy) is 1. The Hall–Kier alpha value is -3.92. The molecule has 1 amide bonds. The van der Waals surface area contributed by atoms with Crippen molar-refractivity contribution in [2.45, 2.75) is 51.6 Å². The molecule has 204 valence electrons. The molecule has 3 N–H and O–H groups in total. The van der Waals surface area contributed by atoms with Crippen LogP contribution in [0.15, 0.2) is 71.0 Å². The van der Waals surface area contributed by atoms with E-state index < -0.39 is 11.7 Å². The Kier molecular flexibility index (Phi) is 7.56. The largest absolute Gasteiger partial charge is 0.485 e. The molecule has 2 atom stereocenters. The summed E-state index contributed by atoms with van der Waals surface area (Å²) >= 11 is 0. The predicted octanol–water partition coefficient (Wildman–Crippen LogP) is 6.44. The lowest BCUT2D eigenvalue weighted by Crippen LogP contribution is -2.40. The van der Waals surface area contributed by atoms with Gasteiger partial charge in [0.05, 0.1) is 12.1 Å². The van der Waals surface area contributed by atoms with Gasteiger partial charge in [0.15, 0.2) is 6.17 Å². The molecule has 0 spiro atoms. The second-order valence-corrected chi connectivity index (χ2v) is 10.1.